The van der Waals surface area contributed by atoms with Gasteiger partial charge in [-0.05, 0) is 31.5 Å². The summed E-state index contributed by atoms with van der Waals surface area (Å²) < 4.78 is 10.4. The zero-order valence-corrected chi connectivity index (χ0v) is 10.1. The van der Waals surface area contributed by atoms with Crippen LogP contribution in [0, 0.1) is 6.92 Å². The molecule has 0 spiro atoms. The Bertz CT molecular complexity index is 660. The molecular weight excluding hydrogens is 234 g/mol. The number of carbonyl (C=O) groups is 1. The summed E-state index contributed by atoms with van der Waals surface area (Å²) in [4.78, 5) is 22.2. The molecule has 0 radical (unpaired) electrons. The van der Waals surface area contributed by atoms with Gasteiger partial charge < -0.3 is 14.9 Å². The van der Waals surface area contributed by atoms with Crippen LogP contribution in [-0.4, -0.2) is 12.0 Å². The van der Waals surface area contributed by atoms with Crippen molar-refractivity contribution in [1.29, 1.82) is 0 Å². The zero-order valence-electron chi connectivity index (χ0n) is 10.1. The van der Waals surface area contributed by atoms with E-state index >= 15 is 0 Å². The Morgan fingerprint density at radius 1 is 1.39 bits per heavy atom. The normalized spacial score (nSPS) is 12.3. The van der Waals surface area contributed by atoms with Gasteiger partial charge in [-0.1, -0.05) is 0 Å². The predicted octanol–water partition coefficient (Wildman–Crippen LogP) is 1.35. The summed E-state index contributed by atoms with van der Waals surface area (Å²) in [6, 6.07) is 6.48. The van der Waals surface area contributed by atoms with Crippen molar-refractivity contribution in [2.24, 2.45) is 5.73 Å². The molecule has 1 heterocycles. The van der Waals surface area contributed by atoms with E-state index in [2.05, 4.69) is 0 Å². The molecule has 2 rings (SSSR count). The van der Waals surface area contributed by atoms with Crippen molar-refractivity contribution in [3.8, 4) is 5.75 Å². The number of primary amides is 1. The standard InChI is InChI=1S/C13H13NO4/c1-7-5-12(15)18-11-6-9(3-4-10(7)11)17-8(2)13(14)16/h3-6,8H,1-2H3,(H2,14,16). The van der Waals surface area contributed by atoms with Gasteiger partial charge in [-0.15, -0.1) is 0 Å². The average Bonchev–Trinajstić information content (AvgIpc) is 2.27. The summed E-state index contributed by atoms with van der Waals surface area (Å²) in [5, 5.41) is 0.827. The third kappa shape index (κ3) is 2.34. The second kappa shape index (κ2) is 4.52. The van der Waals surface area contributed by atoms with E-state index in [0.717, 1.165) is 10.9 Å². The van der Waals surface area contributed by atoms with Gasteiger partial charge in [0.1, 0.15) is 11.3 Å². The minimum atomic E-state index is -0.737. The molecule has 0 fully saturated rings. The van der Waals surface area contributed by atoms with Crippen LogP contribution in [0.4, 0.5) is 0 Å². The third-order valence-electron chi connectivity index (χ3n) is 2.64. The summed E-state index contributed by atoms with van der Waals surface area (Å²) in [7, 11) is 0. The highest BCUT2D eigenvalue weighted by molar-refractivity contribution is 5.82. The number of ether oxygens (including phenoxy) is 1. The minimum Gasteiger partial charge on any atom is -0.481 e. The third-order valence-corrected chi connectivity index (χ3v) is 2.64. The van der Waals surface area contributed by atoms with Crippen LogP contribution in [0.25, 0.3) is 11.0 Å². The molecule has 1 atom stereocenters. The number of fused-ring (bicyclic) bond motifs is 1. The van der Waals surface area contributed by atoms with Crippen LogP contribution < -0.4 is 16.1 Å². The summed E-state index contributed by atoms with van der Waals surface area (Å²) in [6.07, 6.45) is -0.737. The van der Waals surface area contributed by atoms with Gasteiger partial charge in [0.15, 0.2) is 6.10 Å². The van der Waals surface area contributed by atoms with Gasteiger partial charge in [-0.2, -0.15) is 0 Å². The lowest BCUT2D eigenvalue weighted by molar-refractivity contribution is -0.123. The van der Waals surface area contributed by atoms with Gasteiger partial charge in [0.25, 0.3) is 5.91 Å². The average molecular weight is 247 g/mol. The predicted molar refractivity (Wildman–Crippen MR) is 66.5 cm³/mol. The van der Waals surface area contributed by atoms with E-state index in [-0.39, 0.29) is 0 Å². The number of hydrogen-bond donors (Lipinski definition) is 1. The minimum absolute atomic E-state index is 0.417. The Hall–Kier alpha value is -2.30. The van der Waals surface area contributed by atoms with E-state index < -0.39 is 17.6 Å². The van der Waals surface area contributed by atoms with Crippen LogP contribution >= 0.6 is 0 Å². The van der Waals surface area contributed by atoms with Gasteiger partial charge in [0, 0.05) is 17.5 Å². The van der Waals surface area contributed by atoms with Crippen molar-refractivity contribution in [3.05, 3.63) is 40.2 Å². The van der Waals surface area contributed by atoms with Crippen LogP contribution in [0.1, 0.15) is 12.5 Å². The first-order valence-electron chi connectivity index (χ1n) is 5.48. The number of aryl methyl sites for hydroxylation is 1. The second-order valence-corrected chi connectivity index (χ2v) is 4.07. The fourth-order valence-corrected chi connectivity index (χ4v) is 1.64. The maximum Gasteiger partial charge on any atom is 0.336 e. The van der Waals surface area contributed by atoms with E-state index in [0.29, 0.717) is 11.3 Å². The Morgan fingerprint density at radius 2 is 2.11 bits per heavy atom. The summed E-state index contributed by atoms with van der Waals surface area (Å²) >= 11 is 0. The molecule has 1 unspecified atom stereocenters. The van der Waals surface area contributed by atoms with Gasteiger partial charge in [-0.25, -0.2) is 4.79 Å². The van der Waals surface area contributed by atoms with E-state index in [1.165, 1.54) is 6.07 Å². The van der Waals surface area contributed by atoms with E-state index in [1.807, 2.05) is 6.92 Å². The summed E-state index contributed by atoms with van der Waals surface area (Å²) in [5.41, 5.74) is 5.95. The number of hydrogen-bond acceptors (Lipinski definition) is 4. The first kappa shape index (κ1) is 12.2. The molecule has 0 saturated carbocycles. The van der Waals surface area contributed by atoms with Crippen LogP contribution in [-0.2, 0) is 4.79 Å². The Morgan fingerprint density at radius 3 is 2.78 bits per heavy atom. The van der Waals surface area contributed by atoms with Gasteiger partial charge in [0.2, 0.25) is 0 Å². The highest BCUT2D eigenvalue weighted by atomic mass is 16.5. The van der Waals surface area contributed by atoms with E-state index in [4.69, 9.17) is 14.9 Å². The zero-order chi connectivity index (χ0) is 13.3. The summed E-state index contributed by atoms with van der Waals surface area (Å²) in [5.74, 6) is -0.122. The van der Waals surface area contributed by atoms with Crippen LogP contribution in [0.15, 0.2) is 33.5 Å². The highest BCUT2D eigenvalue weighted by Crippen LogP contribution is 2.22. The molecule has 0 aliphatic heterocycles. The molecule has 2 aromatic rings. The monoisotopic (exact) mass is 247 g/mol. The second-order valence-electron chi connectivity index (χ2n) is 4.07. The molecule has 5 heteroatoms. The molecule has 5 nitrogen and oxygen atoms in total. The SMILES string of the molecule is Cc1cc(=O)oc2cc(OC(C)C(N)=O)ccc12. The van der Waals surface area contributed by atoms with Gasteiger partial charge in [-0.3, -0.25) is 4.79 Å². The van der Waals surface area contributed by atoms with Gasteiger partial charge in [0.05, 0.1) is 0 Å². The first-order chi connectivity index (χ1) is 8.47. The number of rotatable bonds is 3. The quantitative estimate of drug-likeness (QED) is 0.830. The molecule has 1 aromatic heterocycles. The maximum atomic E-state index is 11.3. The van der Waals surface area contributed by atoms with Crippen molar-refractivity contribution in [2.75, 3.05) is 0 Å². The Kier molecular flexibility index (Phi) is 3.06. The van der Waals surface area contributed by atoms with Crippen molar-refractivity contribution in [1.82, 2.24) is 0 Å². The van der Waals surface area contributed by atoms with E-state index in [9.17, 15) is 9.59 Å². The van der Waals surface area contributed by atoms with Crippen molar-refractivity contribution in [3.63, 3.8) is 0 Å². The molecule has 0 saturated heterocycles. The van der Waals surface area contributed by atoms with Crippen LogP contribution in [0.3, 0.4) is 0 Å². The topological polar surface area (TPSA) is 82.5 Å². The lowest BCUT2D eigenvalue weighted by atomic mass is 10.1. The molecule has 2 N–H and O–H groups in total. The van der Waals surface area contributed by atoms with Crippen LogP contribution in [0.2, 0.25) is 0 Å². The number of nitrogens with two attached hydrogens (primary N) is 1. The number of benzene rings is 1. The van der Waals surface area contributed by atoms with Crippen molar-refractivity contribution < 1.29 is 13.9 Å². The van der Waals surface area contributed by atoms with Crippen LogP contribution in [0.5, 0.6) is 5.75 Å². The highest BCUT2D eigenvalue weighted by Gasteiger charge is 2.11. The Labute approximate surface area is 103 Å². The number of amides is 1. The van der Waals surface area contributed by atoms with E-state index in [1.54, 1.807) is 25.1 Å². The Balaban J connectivity index is 2.44. The molecule has 1 amide bonds. The summed E-state index contributed by atoms with van der Waals surface area (Å²) in [6.45, 7) is 3.38. The molecular formula is C13H13NO4. The lowest BCUT2D eigenvalue weighted by Crippen LogP contribution is -2.30. The van der Waals surface area contributed by atoms with Crippen molar-refractivity contribution >= 4 is 16.9 Å². The molecule has 94 valence electrons. The smallest absolute Gasteiger partial charge is 0.336 e. The van der Waals surface area contributed by atoms with Crippen molar-refractivity contribution in [2.45, 2.75) is 20.0 Å². The fraction of sp³-hybridized carbons (Fsp3) is 0.231. The maximum absolute atomic E-state index is 11.3. The molecule has 18 heavy (non-hydrogen) atoms. The lowest BCUT2D eigenvalue weighted by Gasteiger charge is -2.11. The molecule has 0 aliphatic carbocycles. The molecule has 0 aliphatic rings. The first-order valence-corrected chi connectivity index (χ1v) is 5.48. The fourth-order valence-electron chi connectivity index (χ4n) is 1.64. The molecule has 0 bridgehead atoms. The largest absolute Gasteiger partial charge is 0.481 e. The molecule has 1 aromatic carbocycles. The number of carbonyl (C=O) groups excluding carboxylic acids is 1. The van der Waals surface area contributed by atoms with Gasteiger partial charge >= 0.3 is 5.63 Å².